The summed E-state index contributed by atoms with van der Waals surface area (Å²) in [5.74, 6) is -2.61. The second-order valence-corrected chi connectivity index (χ2v) is 4.07. The largest absolute Gasteiger partial charge is 0.573 e. The maximum atomic E-state index is 12.9. The van der Waals surface area contributed by atoms with E-state index in [9.17, 15) is 26.7 Å². The molecule has 0 spiro atoms. The van der Waals surface area contributed by atoms with Gasteiger partial charge in [-0.1, -0.05) is 15.9 Å². The van der Waals surface area contributed by atoms with Crippen molar-refractivity contribution in [1.82, 2.24) is 4.98 Å². The quantitative estimate of drug-likeness (QED) is 0.643. The van der Waals surface area contributed by atoms with Crippen LogP contribution in [0, 0.1) is 0 Å². The summed E-state index contributed by atoms with van der Waals surface area (Å²) >= 11 is 2.86. The van der Waals surface area contributed by atoms with Gasteiger partial charge in [0.15, 0.2) is 5.75 Å². The monoisotopic (exact) mass is 363 g/mol. The summed E-state index contributed by atoms with van der Waals surface area (Å²) < 4.78 is 66.0. The van der Waals surface area contributed by atoms with Crippen LogP contribution in [0.5, 0.6) is 5.75 Å². The van der Waals surface area contributed by atoms with Crippen LogP contribution < -0.4 is 4.74 Å². The van der Waals surface area contributed by atoms with Crippen molar-refractivity contribution in [1.29, 1.82) is 0 Å². The van der Waals surface area contributed by atoms with Gasteiger partial charge in [-0.3, -0.25) is 9.78 Å². The molecule has 1 aromatic rings. The number of halogens is 6. The third-order valence-corrected chi connectivity index (χ3v) is 2.70. The van der Waals surface area contributed by atoms with E-state index in [2.05, 4.69) is 25.7 Å². The van der Waals surface area contributed by atoms with Crippen molar-refractivity contribution in [2.75, 3.05) is 0 Å². The first-order valence-electron chi connectivity index (χ1n) is 4.98. The lowest BCUT2D eigenvalue weighted by Crippen LogP contribution is -2.20. The summed E-state index contributed by atoms with van der Waals surface area (Å²) in [6, 6.07) is 0. The normalized spacial score (nSPS) is 11.8. The van der Waals surface area contributed by atoms with E-state index in [1.165, 1.54) is 0 Å². The topological polar surface area (TPSA) is 59.4 Å². The van der Waals surface area contributed by atoms with Crippen LogP contribution in [-0.2, 0) is 16.5 Å². The van der Waals surface area contributed by atoms with Gasteiger partial charge >= 0.3 is 12.3 Å². The van der Waals surface area contributed by atoms with Gasteiger partial charge < -0.3 is 9.84 Å². The minimum absolute atomic E-state index is 0.161. The van der Waals surface area contributed by atoms with Crippen molar-refractivity contribution >= 4 is 21.9 Å². The molecule has 1 heterocycles. The Morgan fingerprint density at radius 3 is 2.45 bits per heavy atom. The highest BCUT2D eigenvalue weighted by atomic mass is 79.9. The molecule has 0 atom stereocenters. The Labute approximate surface area is 117 Å². The van der Waals surface area contributed by atoms with Crippen LogP contribution in [0.15, 0.2) is 6.20 Å². The number of pyridine rings is 1. The number of alkyl halides is 6. The lowest BCUT2D eigenvalue weighted by atomic mass is 10.0. The first kappa shape index (κ1) is 16.6. The van der Waals surface area contributed by atoms with E-state index in [0.717, 1.165) is 0 Å². The fourth-order valence-electron chi connectivity index (χ4n) is 1.50. The number of aliphatic carboxylic acids is 1. The van der Waals surface area contributed by atoms with Crippen molar-refractivity contribution < 1.29 is 36.6 Å². The van der Waals surface area contributed by atoms with Crippen LogP contribution in [0.3, 0.4) is 0 Å². The summed E-state index contributed by atoms with van der Waals surface area (Å²) in [5, 5.41) is 8.48. The zero-order valence-corrected chi connectivity index (χ0v) is 11.1. The number of carbonyl (C=O) groups is 1. The molecule has 0 aliphatic heterocycles. The predicted molar refractivity (Wildman–Crippen MR) is 59.8 cm³/mol. The van der Waals surface area contributed by atoms with Crippen molar-refractivity contribution in [3.63, 3.8) is 0 Å². The Balaban J connectivity index is 3.44. The first-order chi connectivity index (χ1) is 9.15. The summed E-state index contributed by atoms with van der Waals surface area (Å²) in [7, 11) is 0. The van der Waals surface area contributed by atoms with Gasteiger partial charge in [-0.2, -0.15) is 0 Å². The lowest BCUT2D eigenvalue weighted by Gasteiger charge is -2.17. The van der Waals surface area contributed by atoms with Crippen LogP contribution >= 0.6 is 15.9 Å². The molecule has 20 heavy (non-hydrogen) atoms. The molecule has 0 saturated heterocycles. The van der Waals surface area contributed by atoms with Crippen LogP contribution in [0.25, 0.3) is 0 Å². The van der Waals surface area contributed by atoms with Crippen molar-refractivity contribution in [3.8, 4) is 5.75 Å². The summed E-state index contributed by atoms with van der Waals surface area (Å²) in [5.41, 5.74) is -1.86. The molecule has 0 aromatic carbocycles. The average molecular weight is 364 g/mol. The molecule has 0 saturated carbocycles. The van der Waals surface area contributed by atoms with Gasteiger partial charge in [0.2, 0.25) is 0 Å². The number of hydrogen-bond acceptors (Lipinski definition) is 3. The SMILES string of the molecule is O=C(O)Cc1c(OC(F)(F)F)cnc(CBr)c1C(F)F. The molecule has 0 radical (unpaired) electrons. The highest BCUT2D eigenvalue weighted by molar-refractivity contribution is 9.08. The maximum Gasteiger partial charge on any atom is 0.573 e. The van der Waals surface area contributed by atoms with Crippen molar-refractivity contribution in [2.24, 2.45) is 0 Å². The molecule has 0 aliphatic carbocycles. The number of carboxylic acids is 1. The fourth-order valence-corrected chi connectivity index (χ4v) is 1.95. The number of aromatic nitrogens is 1. The molecular formula is C10H7BrF5NO3. The minimum Gasteiger partial charge on any atom is -0.481 e. The molecule has 4 nitrogen and oxygen atoms in total. The van der Waals surface area contributed by atoms with E-state index in [-0.39, 0.29) is 11.0 Å². The number of nitrogens with zero attached hydrogens (tertiary/aromatic N) is 1. The number of carboxylic acid groups (broad SMARTS) is 1. The van der Waals surface area contributed by atoms with E-state index < -0.39 is 42.1 Å². The second-order valence-electron chi connectivity index (χ2n) is 3.51. The Kier molecular flexibility index (Phi) is 5.26. The second kappa shape index (κ2) is 6.33. The summed E-state index contributed by atoms with van der Waals surface area (Å²) in [6.45, 7) is 0. The van der Waals surface area contributed by atoms with Crippen LogP contribution in [0.1, 0.15) is 23.2 Å². The Bertz CT molecular complexity index is 506. The highest BCUT2D eigenvalue weighted by Gasteiger charge is 2.34. The first-order valence-corrected chi connectivity index (χ1v) is 6.10. The van der Waals surface area contributed by atoms with Crippen molar-refractivity contribution in [3.05, 3.63) is 23.0 Å². The van der Waals surface area contributed by atoms with E-state index in [1.54, 1.807) is 0 Å². The third kappa shape index (κ3) is 4.29. The van der Waals surface area contributed by atoms with Gasteiger partial charge in [0.25, 0.3) is 6.43 Å². The molecule has 1 rings (SSSR count). The number of ether oxygens (including phenoxy) is 1. The van der Waals surface area contributed by atoms with Gasteiger partial charge in [-0.25, -0.2) is 8.78 Å². The van der Waals surface area contributed by atoms with E-state index >= 15 is 0 Å². The molecule has 0 unspecified atom stereocenters. The average Bonchev–Trinajstić information content (AvgIpc) is 2.28. The molecule has 1 aromatic heterocycles. The van der Waals surface area contributed by atoms with Gasteiger partial charge in [0, 0.05) is 16.5 Å². The molecule has 10 heteroatoms. The molecular weight excluding hydrogens is 357 g/mol. The summed E-state index contributed by atoms with van der Waals surface area (Å²) in [6.07, 6.45) is -8.77. The highest BCUT2D eigenvalue weighted by Crippen LogP contribution is 2.35. The lowest BCUT2D eigenvalue weighted by molar-refractivity contribution is -0.275. The fraction of sp³-hybridized carbons (Fsp3) is 0.400. The smallest absolute Gasteiger partial charge is 0.481 e. The zero-order chi connectivity index (χ0) is 15.5. The van der Waals surface area contributed by atoms with E-state index in [1.807, 2.05) is 0 Å². The van der Waals surface area contributed by atoms with Gasteiger partial charge in [-0.05, 0) is 0 Å². The Morgan fingerprint density at radius 2 is 2.05 bits per heavy atom. The van der Waals surface area contributed by atoms with Gasteiger partial charge in [0.05, 0.1) is 18.3 Å². The van der Waals surface area contributed by atoms with Crippen LogP contribution in [0.4, 0.5) is 22.0 Å². The molecule has 0 amide bonds. The van der Waals surface area contributed by atoms with Gasteiger partial charge in [0.1, 0.15) is 0 Å². The van der Waals surface area contributed by atoms with Crippen LogP contribution in [0.2, 0.25) is 0 Å². The van der Waals surface area contributed by atoms with Crippen molar-refractivity contribution in [2.45, 2.75) is 24.5 Å². The Hall–Kier alpha value is -1.45. The molecule has 0 aliphatic rings. The number of rotatable bonds is 5. The Morgan fingerprint density at radius 1 is 1.45 bits per heavy atom. The number of hydrogen-bond donors (Lipinski definition) is 1. The van der Waals surface area contributed by atoms with Crippen LogP contribution in [-0.4, -0.2) is 22.4 Å². The molecule has 0 fully saturated rings. The minimum atomic E-state index is -5.13. The maximum absolute atomic E-state index is 12.9. The molecule has 112 valence electrons. The zero-order valence-electron chi connectivity index (χ0n) is 9.55. The third-order valence-electron chi connectivity index (χ3n) is 2.17. The van der Waals surface area contributed by atoms with E-state index in [4.69, 9.17) is 5.11 Å². The molecule has 1 N–H and O–H groups in total. The predicted octanol–water partition coefficient (Wildman–Crippen LogP) is 3.44. The molecule has 0 bridgehead atoms. The van der Waals surface area contributed by atoms with Gasteiger partial charge in [-0.15, -0.1) is 13.2 Å². The van der Waals surface area contributed by atoms with E-state index in [0.29, 0.717) is 6.20 Å². The standard InChI is InChI=1S/C10H7BrF5NO3/c11-2-5-8(9(12)13)4(1-7(18)19)6(3-17-5)20-10(14,15)16/h3,9H,1-2H2,(H,18,19). The summed E-state index contributed by atoms with van der Waals surface area (Å²) in [4.78, 5) is 14.1.